The number of hydrogen-bond acceptors (Lipinski definition) is 6. The van der Waals surface area contributed by atoms with Gasteiger partial charge in [0.15, 0.2) is 5.13 Å². The van der Waals surface area contributed by atoms with E-state index in [1.807, 2.05) is 14.1 Å². The summed E-state index contributed by atoms with van der Waals surface area (Å²) in [5.41, 5.74) is 11.7. The number of benzene rings is 1. The second-order valence-corrected chi connectivity index (χ2v) is 5.48. The van der Waals surface area contributed by atoms with Crippen LogP contribution in [0.25, 0.3) is 0 Å². The fraction of sp³-hybridized carbons (Fsp3) is 0.154. The van der Waals surface area contributed by atoms with Crippen LogP contribution in [0.2, 0.25) is 0 Å². The Morgan fingerprint density at radius 2 is 2.05 bits per heavy atom. The molecule has 0 radical (unpaired) electrons. The lowest BCUT2D eigenvalue weighted by molar-refractivity contribution is 0.0996. The zero-order chi connectivity index (χ0) is 15.6. The third kappa shape index (κ3) is 3.29. The second-order valence-electron chi connectivity index (χ2n) is 4.50. The molecule has 0 aliphatic heterocycles. The first-order chi connectivity index (χ1) is 9.88. The molecule has 8 heteroatoms. The standard InChI is InChI=1S/C13H15N5O2S/c1-18(2)13-17-10(14)9(21-13)12(20)16-8-5-3-4-7(6-8)11(15)19/h3-6H,14H2,1-2H3,(H2,15,19)(H,16,20). The maximum atomic E-state index is 12.2. The van der Waals surface area contributed by atoms with E-state index in [9.17, 15) is 9.59 Å². The van der Waals surface area contributed by atoms with Crippen molar-refractivity contribution >= 4 is 39.8 Å². The number of carbonyl (C=O) groups excluding carboxylic acids is 2. The normalized spacial score (nSPS) is 10.2. The third-order valence-electron chi connectivity index (χ3n) is 2.64. The zero-order valence-corrected chi connectivity index (χ0v) is 12.4. The van der Waals surface area contributed by atoms with Crippen molar-refractivity contribution in [3.63, 3.8) is 0 Å². The van der Waals surface area contributed by atoms with Gasteiger partial charge in [-0.2, -0.15) is 0 Å². The van der Waals surface area contributed by atoms with Crippen molar-refractivity contribution in [2.75, 3.05) is 30.0 Å². The maximum Gasteiger partial charge on any atom is 0.269 e. The fourth-order valence-electron chi connectivity index (χ4n) is 1.61. The number of nitrogens with zero attached hydrogens (tertiary/aromatic N) is 2. The molecule has 2 aromatic rings. The average molecular weight is 305 g/mol. The molecule has 0 spiro atoms. The summed E-state index contributed by atoms with van der Waals surface area (Å²) < 4.78 is 0. The minimum Gasteiger partial charge on any atom is -0.382 e. The van der Waals surface area contributed by atoms with E-state index >= 15 is 0 Å². The SMILES string of the molecule is CN(C)c1nc(N)c(C(=O)Nc2cccc(C(N)=O)c2)s1. The van der Waals surface area contributed by atoms with Crippen LogP contribution in [0.15, 0.2) is 24.3 Å². The Bertz CT molecular complexity index is 696. The highest BCUT2D eigenvalue weighted by atomic mass is 32.1. The molecule has 0 atom stereocenters. The molecule has 0 aliphatic rings. The van der Waals surface area contributed by atoms with E-state index in [-0.39, 0.29) is 11.7 Å². The van der Waals surface area contributed by atoms with Crippen LogP contribution in [0.4, 0.5) is 16.6 Å². The van der Waals surface area contributed by atoms with Gasteiger partial charge in [0, 0.05) is 25.3 Å². The molecule has 1 aromatic carbocycles. The van der Waals surface area contributed by atoms with Gasteiger partial charge in [0.2, 0.25) is 5.91 Å². The second kappa shape index (κ2) is 5.80. The lowest BCUT2D eigenvalue weighted by Gasteiger charge is -2.06. The van der Waals surface area contributed by atoms with Crippen LogP contribution < -0.4 is 21.7 Å². The van der Waals surface area contributed by atoms with Crippen molar-refractivity contribution < 1.29 is 9.59 Å². The highest BCUT2D eigenvalue weighted by Crippen LogP contribution is 2.27. The molecular weight excluding hydrogens is 290 g/mol. The fourth-order valence-corrected chi connectivity index (χ4v) is 2.42. The van der Waals surface area contributed by atoms with Crippen molar-refractivity contribution in [1.82, 2.24) is 4.98 Å². The number of aromatic nitrogens is 1. The topological polar surface area (TPSA) is 114 Å². The number of nitrogens with one attached hydrogen (secondary N) is 1. The zero-order valence-electron chi connectivity index (χ0n) is 11.6. The monoisotopic (exact) mass is 305 g/mol. The van der Waals surface area contributed by atoms with Gasteiger partial charge >= 0.3 is 0 Å². The number of anilines is 3. The van der Waals surface area contributed by atoms with Crippen LogP contribution in [0.5, 0.6) is 0 Å². The Hall–Kier alpha value is -2.61. The van der Waals surface area contributed by atoms with E-state index in [4.69, 9.17) is 11.5 Å². The minimum absolute atomic E-state index is 0.173. The molecular formula is C13H15N5O2S. The first-order valence-electron chi connectivity index (χ1n) is 6.03. The summed E-state index contributed by atoms with van der Waals surface area (Å²) in [7, 11) is 3.63. The van der Waals surface area contributed by atoms with Crippen molar-refractivity contribution in [1.29, 1.82) is 0 Å². The van der Waals surface area contributed by atoms with Crippen molar-refractivity contribution in [3.8, 4) is 0 Å². The first kappa shape index (κ1) is 14.8. The van der Waals surface area contributed by atoms with Crippen LogP contribution >= 0.6 is 11.3 Å². The van der Waals surface area contributed by atoms with E-state index in [1.165, 1.54) is 17.4 Å². The number of hydrogen-bond donors (Lipinski definition) is 3. The molecule has 0 unspecified atom stereocenters. The number of carbonyl (C=O) groups is 2. The largest absolute Gasteiger partial charge is 0.382 e. The number of nitrogen functional groups attached to an aromatic ring is 1. The van der Waals surface area contributed by atoms with Crippen LogP contribution in [0.1, 0.15) is 20.0 Å². The molecule has 0 fully saturated rings. The van der Waals surface area contributed by atoms with E-state index in [2.05, 4.69) is 10.3 Å². The Labute approximate surface area is 125 Å². The van der Waals surface area contributed by atoms with Crippen molar-refractivity contribution in [3.05, 3.63) is 34.7 Å². The summed E-state index contributed by atoms with van der Waals surface area (Å²) in [6, 6.07) is 6.37. The summed E-state index contributed by atoms with van der Waals surface area (Å²) in [6.45, 7) is 0. The highest BCUT2D eigenvalue weighted by molar-refractivity contribution is 7.18. The van der Waals surface area contributed by atoms with Gasteiger partial charge in [-0.15, -0.1) is 0 Å². The van der Waals surface area contributed by atoms with E-state index in [1.54, 1.807) is 23.1 Å². The predicted octanol–water partition coefficient (Wildman–Crippen LogP) is 1.14. The van der Waals surface area contributed by atoms with Gasteiger partial charge in [0.05, 0.1) is 0 Å². The molecule has 0 aliphatic carbocycles. The maximum absolute atomic E-state index is 12.2. The number of primary amides is 1. The van der Waals surface area contributed by atoms with Crippen LogP contribution in [-0.2, 0) is 0 Å². The Kier molecular flexibility index (Phi) is 4.08. The summed E-state index contributed by atoms with van der Waals surface area (Å²) in [6.07, 6.45) is 0. The van der Waals surface area contributed by atoms with Crippen LogP contribution in [0.3, 0.4) is 0 Å². The van der Waals surface area contributed by atoms with E-state index in [0.717, 1.165) is 0 Å². The number of rotatable bonds is 4. The van der Waals surface area contributed by atoms with Gasteiger partial charge in [0.1, 0.15) is 10.7 Å². The molecule has 1 heterocycles. The smallest absolute Gasteiger partial charge is 0.269 e. The molecule has 0 saturated carbocycles. The summed E-state index contributed by atoms with van der Waals surface area (Å²) in [4.78, 5) is 29.5. The Morgan fingerprint density at radius 1 is 1.33 bits per heavy atom. The number of nitrogens with two attached hydrogens (primary N) is 2. The minimum atomic E-state index is -0.557. The van der Waals surface area contributed by atoms with Gasteiger partial charge in [-0.05, 0) is 18.2 Å². The molecule has 21 heavy (non-hydrogen) atoms. The van der Waals surface area contributed by atoms with E-state index < -0.39 is 5.91 Å². The first-order valence-corrected chi connectivity index (χ1v) is 6.85. The molecule has 110 valence electrons. The summed E-state index contributed by atoms with van der Waals surface area (Å²) >= 11 is 1.19. The average Bonchev–Trinajstić information content (AvgIpc) is 2.81. The van der Waals surface area contributed by atoms with Gasteiger partial charge in [-0.1, -0.05) is 17.4 Å². The molecule has 2 rings (SSSR count). The van der Waals surface area contributed by atoms with Crippen molar-refractivity contribution in [2.45, 2.75) is 0 Å². The number of amides is 2. The van der Waals surface area contributed by atoms with Gasteiger partial charge < -0.3 is 21.7 Å². The molecule has 2 amide bonds. The van der Waals surface area contributed by atoms with Gasteiger partial charge in [-0.25, -0.2) is 4.98 Å². The Balaban J connectivity index is 2.22. The summed E-state index contributed by atoms with van der Waals surface area (Å²) in [5, 5.41) is 3.31. The molecule has 5 N–H and O–H groups in total. The molecule has 0 saturated heterocycles. The van der Waals surface area contributed by atoms with Gasteiger partial charge in [-0.3, -0.25) is 9.59 Å². The van der Waals surface area contributed by atoms with Gasteiger partial charge in [0.25, 0.3) is 5.91 Å². The predicted molar refractivity (Wildman–Crippen MR) is 83.8 cm³/mol. The number of thiazole rings is 1. The van der Waals surface area contributed by atoms with E-state index in [0.29, 0.717) is 21.3 Å². The molecule has 7 nitrogen and oxygen atoms in total. The summed E-state index contributed by atoms with van der Waals surface area (Å²) in [5.74, 6) is -0.759. The highest BCUT2D eigenvalue weighted by Gasteiger charge is 2.17. The lowest BCUT2D eigenvalue weighted by atomic mass is 10.2. The van der Waals surface area contributed by atoms with Crippen LogP contribution in [-0.4, -0.2) is 30.9 Å². The van der Waals surface area contributed by atoms with Crippen molar-refractivity contribution in [2.24, 2.45) is 5.73 Å². The van der Waals surface area contributed by atoms with Crippen LogP contribution in [0, 0.1) is 0 Å². The lowest BCUT2D eigenvalue weighted by Crippen LogP contribution is -2.14. The third-order valence-corrected chi connectivity index (χ3v) is 3.87. The Morgan fingerprint density at radius 3 is 2.62 bits per heavy atom. The molecule has 1 aromatic heterocycles. The molecule has 0 bridgehead atoms. The quantitative estimate of drug-likeness (QED) is 0.783.